The summed E-state index contributed by atoms with van der Waals surface area (Å²) in [5, 5.41) is 50.7. The summed E-state index contributed by atoms with van der Waals surface area (Å²) in [4.78, 5) is 12.5. The van der Waals surface area contributed by atoms with E-state index in [1.165, 1.54) is 50.5 Å². The van der Waals surface area contributed by atoms with Crippen molar-refractivity contribution in [3.8, 4) is 0 Å². The summed E-state index contributed by atoms with van der Waals surface area (Å²) in [7, 11) is 0. The Hall–Kier alpha value is -1.19. The van der Waals surface area contributed by atoms with E-state index in [0.29, 0.717) is 11.3 Å². The van der Waals surface area contributed by atoms with Crippen LogP contribution in [-0.4, -0.2) is 75.3 Å². The van der Waals surface area contributed by atoms with E-state index in [-0.39, 0.29) is 18.1 Å². The number of rotatable bonds is 12. The highest BCUT2D eigenvalue weighted by Gasteiger charge is 2.59. The molecule has 4 aliphatic carbocycles. The van der Waals surface area contributed by atoms with Crippen molar-refractivity contribution in [2.75, 3.05) is 13.2 Å². The number of carbonyl (C=O) groups is 1. The quantitative estimate of drug-likeness (QED) is 0.182. The Labute approximate surface area is 253 Å². The maximum absolute atomic E-state index is 12.5. The maximum Gasteiger partial charge on any atom is 0.407 e. The van der Waals surface area contributed by atoms with Crippen LogP contribution in [0, 0.1) is 46.3 Å². The fraction of sp³-hybridized carbons (Fsp3) is 0.912. The van der Waals surface area contributed by atoms with Gasteiger partial charge in [0.2, 0.25) is 0 Å². The van der Waals surface area contributed by atoms with Gasteiger partial charge in [-0.2, -0.15) is 0 Å². The van der Waals surface area contributed by atoms with Crippen LogP contribution < -0.4 is 5.32 Å². The number of aliphatic hydroxyl groups excluding tert-OH is 5. The van der Waals surface area contributed by atoms with Crippen LogP contribution in [0.25, 0.3) is 0 Å². The molecule has 1 amide bonds. The summed E-state index contributed by atoms with van der Waals surface area (Å²) in [5.41, 5.74) is 2.05. The molecule has 8 nitrogen and oxygen atoms in total. The Morgan fingerprint density at radius 2 is 1.69 bits per heavy atom. The minimum absolute atomic E-state index is 0.158. The van der Waals surface area contributed by atoms with Crippen LogP contribution in [0.15, 0.2) is 11.6 Å². The normalized spacial score (nSPS) is 37.9. The summed E-state index contributed by atoms with van der Waals surface area (Å²) in [6.45, 7) is 11.2. The van der Waals surface area contributed by atoms with Crippen LogP contribution in [0.5, 0.6) is 0 Å². The van der Waals surface area contributed by atoms with Gasteiger partial charge in [0, 0.05) is 13.0 Å². The number of hydrogen-bond acceptors (Lipinski definition) is 7. The molecule has 0 unspecified atom stereocenters. The van der Waals surface area contributed by atoms with Gasteiger partial charge < -0.3 is 35.6 Å². The lowest BCUT2D eigenvalue weighted by atomic mass is 9.47. The van der Waals surface area contributed by atoms with Gasteiger partial charge >= 0.3 is 6.09 Å². The SMILES string of the molecule is CC(C)CCC[C@H](C)[C@@H]1CC[C@@H]2[C@H]3CC=C4C[C@H](OC(=O)NC[C@H](O)[C@H](O)[C@H](O)[C@H](O)CO)CC[C@]4(C)[C@@H]3CC[C@@]21C. The zero-order chi connectivity index (χ0) is 30.8. The number of fused-ring (bicyclic) bond motifs is 5. The van der Waals surface area contributed by atoms with Crippen molar-refractivity contribution in [1.29, 1.82) is 0 Å². The summed E-state index contributed by atoms with van der Waals surface area (Å²) in [6.07, 6.45) is 8.14. The van der Waals surface area contributed by atoms with E-state index >= 15 is 0 Å². The zero-order valence-corrected chi connectivity index (χ0v) is 26.7. The second-order valence-electron chi connectivity index (χ2n) is 15.2. The first-order valence-corrected chi connectivity index (χ1v) is 16.8. The molecule has 0 heterocycles. The first kappa shape index (κ1) is 33.7. The lowest BCUT2D eigenvalue weighted by Crippen LogP contribution is -2.51. The fourth-order valence-corrected chi connectivity index (χ4v) is 9.82. The highest BCUT2D eigenvalue weighted by atomic mass is 16.6. The van der Waals surface area contributed by atoms with E-state index in [9.17, 15) is 25.2 Å². The average molecular weight is 594 g/mol. The molecule has 3 saturated carbocycles. The Balaban J connectivity index is 1.31. The van der Waals surface area contributed by atoms with E-state index in [2.05, 4.69) is 46.0 Å². The minimum atomic E-state index is -1.73. The standard InChI is InChI=1S/C34H59NO7/c1-20(2)7-6-8-21(3)25-11-12-26-24-10-9-22-17-23(13-15-33(22,4)27(24)14-16-34(25,26)5)42-32(41)35-18-28(37)30(39)31(40)29(38)19-36/h9,20-21,23-31,36-40H,6-8,10-19H2,1-5H3,(H,35,41)/t21-,23+,24+,25-,26+,27+,28-,29+,30-,31+,33-,34+/m0/s1. The fourth-order valence-electron chi connectivity index (χ4n) is 9.82. The van der Waals surface area contributed by atoms with Gasteiger partial charge in [0.1, 0.15) is 24.4 Å². The largest absolute Gasteiger partial charge is 0.446 e. The van der Waals surface area contributed by atoms with Crippen LogP contribution in [0.1, 0.15) is 105 Å². The first-order chi connectivity index (χ1) is 19.8. The summed E-state index contributed by atoms with van der Waals surface area (Å²) in [6, 6.07) is 0. The average Bonchev–Trinajstić information content (AvgIpc) is 3.31. The number of ether oxygens (including phenoxy) is 1. The molecular formula is C34H59NO7. The van der Waals surface area contributed by atoms with E-state index in [1.54, 1.807) is 0 Å². The Bertz CT molecular complexity index is 941. The molecule has 0 saturated heterocycles. The third-order valence-electron chi connectivity index (χ3n) is 12.3. The number of alkyl carbamates (subject to hydrolysis) is 1. The molecule has 4 aliphatic rings. The van der Waals surface area contributed by atoms with Crippen molar-refractivity contribution in [3.05, 3.63) is 11.6 Å². The predicted octanol–water partition coefficient (Wildman–Crippen LogP) is 4.56. The summed E-state index contributed by atoms with van der Waals surface area (Å²) in [5.74, 6) is 4.69. The molecule has 0 aromatic carbocycles. The highest BCUT2D eigenvalue weighted by Crippen LogP contribution is 2.67. The molecule has 0 bridgehead atoms. The molecule has 0 aromatic rings. The van der Waals surface area contributed by atoms with Gasteiger partial charge in [0.05, 0.1) is 12.7 Å². The third-order valence-corrected chi connectivity index (χ3v) is 12.3. The number of carbonyl (C=O) groups excluding carboxylic acids is 1. The zero-order valence-electron chi connectivity index (χ0n) is 26.7. The number of nitrogens with one attached hydrogen (secondary N) is 1. The number of amides is 1. The first-order valence-electron chi connectivity index (χ1n) is 16.8. The predicted molar refractivity (Wildman–Crippen MR) is 162 cm³/mol. The van der Waals surface area contributed by atoms with Crippen LogP contribution in [0.3, 0.4) is 0 Å². The lowest BCUT2D eigenvalue weighted by molar-refractivity contribution is -0.113. The van der Waals surface area contributed by atoms with E-state index < -0.39 is 37.1 Å². The van der Waals surface area contributed by atoms with Gasteiger partial charge in [-0.15, -0.1) is 0 Å². The van der Waals surface area contributed by atoms with Crippen LogP contribution >= 0.6 is 0 Å². The van der Waals surface area contributed by atoms with Crippen LogP contribution in [0.4, 0.5) is 4.79 Å². The molecule has 12 atom stereocenters. The second-order valence-corrected chi connectivity index (χ2v) is 15.2. The Morgan fingerprint density at radius 3 is 2.38 bits per heavy atom. The van der Waals surface area contributed by atoms with Crippen molar-refractivity contribution >= 4 is 6.09 Å². The molecule has 6 N–H and O–H groups in total. The maximum atomic E-state index is 12.5. The molecule has 8 heteroatoms. The molecule has 0 radical (unpaired) electrons. The Morgan fingerprint density at radius 1 is 0.976 bits per heavy atom. The molecule has 4 rings (SSSR count). The van der Waals surface area contributed by atoms with Crippen LogP contribution in [-0.2, 0) is 4.74 Å². The number of allylic oxidation sites excluding steroid dienone is 1. The van der Waals surface area contributed by atoms with E-state index in [1.807, 2.05) is 0 Å². The topological polar surface area (TPSA) is 139 Å². The lowest BCUT2D eigenvalue weighted by Gasteiger charge is -2.58. The monoisotopic (exact) mass is 593 g/mol. The van der Waals surface area contributed by atoms with Gasteiger partial charge in [-0.05, 0) is 91.3 Å². The van der Waals surface area contributed by atoms with Crippen LogP contribution in [0.2, 0.25) is 0 Å². The molecule has 3 fully saturated rings. The molecule has 0 spiro atoms. The second kappa shape index (κ2) is 13.8. The summed E-state index contributed by atoms with van der Waals surface area (Å²) < 4.78 is 5.72. The van der Waals surface area contributed by atoms with Gasteiger partial charge in [-0.25, -0.2) is 4.79 Å². The van der Waals surface area contributed by atoms with Gasteiger partial charge in [0.25, 0.3) is 0 Å². The minimum Gasteiger partial charge on any atom is -0.446 e. The van der Waals surface area contributed by atoms with E-state index in [0.717, 1.165) is 55.3 Å². The highest BCUT2D eigenvalue weighted by molar-refractivity contribution is 5.67. The van der Waals surface area contributed by atoms with Crippen molar-refractivity contribution in [2.24, 2.45) is 46.3 Å². The molecule has 242 valence electrons. The Kier molecular flexibility index (Phi) is 11.1. The van der Waals surface area contributed by atoms with Gasteiger partial charge in [-0.1, -0.05) is 65.5 Å². The molecule has 0 aromatic heterocycles. The van der Waals surface area contributed by atoms with Gasteiger partial charge in [-0.3, -0.25) is 0 Å². The van der Waals surface area contributed by atoms with Crippen molar-refractivity contribution < 1.29 is 35.1 Å². The summed E-state index contributed by atoms with van der Waals surface area (Å²) >= 11 is 0. The van der Waals surface area contributed by atoms with E-state index in [4.69, 9.17) is 9.84 Å². The molecular weight excluding hydrogens is 534 g/mol. The smallest absolute Gasteiger partial charge is 0.407 e. The third kappa shape index (κ3) is 6.88. The number of aliphatic hydroxyl groups is 5. The van der Waals surface area contributed by atoms with Crippen molar-refractivity contribution in [3.63, 3.8) is 0 Å². The molecule has 42 heavy (non-hydrogen) atoms. The van der Waals surface area contributed by atoms with Crippen molar-refractivity contribution in [1.82, 2.24) is 5.32 Å². The molecule has 0 aliphatic heterocycles. The van der Waals surface area contributed by atoms with Gasteiger partial charge in [0.15, 0.2) is 0 Å². The number of hydrogen-bond donors (Lipinski definition) is 6. The van der Waals surface area contributed by atoms with Crippen molar-refractivity contribution in [2.45, 2.75) is 136 Å².